The van der Waals surface area contributed by atoms with Gasteiger partial charge >= 0.3 is 10.1 Å². The van der Waals surface area contributed by atoms with Gasteiger partial charge in [-0.05, 0) is 36.8 Å². The van der Waals surface area contributed by atoms with Crippen molar-refractivity contribution < 1.29 is 12.7 Å². The third-order valence-corrected chi connectivity index (χ3v) is 3.72. The zero-order chi connectivity index (χ0) is 13.9. The van der Waals surface area contributed by atoms with Gasteiger partial charge in [-0.3, -0.25) is 0 Å². The van der Waals surface area contributed by atoms with Gasteiger partial charge in [0, 0.05) is 5.69 Å². The summed E-state index contributed by atoms with van der Waals surface area (Å²) in [5.74, 6) is 0. The van der Waals surface area contributed by atoms with E-state index >= 15 is 0 Å². The first-order valence-corrected chi connectivity index (χ1v) is 7.00. The summed E-state index contributed by atoms with van der Waals surface area (Å²) in [5.41, 5.74) is 9.84. The fourth-order valence-corrected chi connectivity index (χ4v) is 2.24. The lowest BCUT2D eigenvalue weighted by Crippen LogP contribution is -2.12. The van der Waals surface area contributed by atoms with Crippen LogP contribution in [0.3, 0.4) is 0 Å². The van der Waals surface area contributed by atoms with Crippen LogP contribution < -0.4 is 11.2 Å². The molecule has 6 heteroatoms. The topological polar surface area (TPSA) is 81.4 Å². The summed E-state index contributed by atoms with van der Waals surface area (Å²) >= 11 is 0. The van der Waals surface area contributed by atoms with E-state index in [2.05, 4.69) is 5.48 Å². The van der Waals surface area contributed by atoms with Crippen molar-refractivity contribution in [3.8, 4) is 0 Å². The minimum atomic E-state index is -3.89. The molecule has 100 valence electrons. The minimum Gasteiger partial charge on any atom is -0.398 e. The lowest BCUT2D eigenvalue weighted by Gasteiger charge is -2.08. The lowest BCUT2D eigenvalue weighted by molar-refractivity contribution is 0.391. The number of nitrogen functional groups attached to an aromatic ring is 1. The van der Waals surface area contributed by atoms with Crippen LogP contribution in [0.5, 0.6) is 0 Å². The summed E-state index contributed by atoms with van der Waals surface area (Å²) in [6, 6.07) is 13.2. The van der Waals surface area contributed by atoms with E-state index in [0.717, 1.165) is 5.56 Å². The van der Waals surface area contributed by atoms with E-state index in [1.54, 1.807) is 37.3 Å². The Hall–Kier alpha value is -2.05. The van der Waals surface area contributed by atoms with Gasteiger partial charge in [0.25, 0.3) is 0 Å². The van der Waals surface area contributed by atoms with Crippen LogP contribution in [-0.2, 0) is 14.4 Å². The highest BCUT2D eigenvalue weighted by atomic mass is 32.2. The average molecular weight is 278 g/mol. The minimum absolute atomic E-state index is 0.0130. The molecule has 2 aromatic carbocycles. The largest absolute Gasteiger partial charge is 0.398 e. The van der Waals surface area contributed by atoms with E-state index in [1.165, 1.54) is 12.1 Å². The third-order valence-electron chi connectivity index (χ3n) is 2.58. The Balaban J connectivity index is 2.16. The number of anilines is 2. The lowest BCUT2D eigenvalue weighted by atomic mass is 10.2. The SMILES string of the molecule is Cc1ccc(S(=O)(=O)ONc2ccccc2)cc1N. The highest BCUT2D eigenvalue weighted by Gasteiger charge is 2.16. The molecule has 0 atom stereocenters. The number of rotatable bonds is 4. The zero-order valence-electron chi connectivity index (χ0n) is 10.3. The van der Waals surface area contributed by atoms with Gasteiger partial charge in [0.1, 0.15) is 0 Å². The number of hydrogen-bond donors (Lipinski definition) is 2. The molecule has 0 radical (unpaired) electrons. The van der Waals surface area contributed by atoms with Gasteiger partial charge in [-0.15, -0.1) is 4.28 Å². The predicted octanol–water partition coefficient (Wildman–Crippen LogP) is 2.31. The van der Waals surface area contributed by atoms with Crippen molar-refractivity contribution >= 4 is 21.5 Å². The Bertz CT molecular complexity index is 670. The second-order valence-electron chi connectivity index (χ2n) is 4.02. The third kappa shape index (κ3) is 3.24. The zero-order valence-corrected chi connectivity index (χ0v) is 11.1. The monoisotopic (exact) mass is 278 g/mol. The van der Waals surface area contributed by atoms with Crippen LogP contribution in [0.15, 0.2) is 53.4 Å². The van der Waals surface area contributed by atoms with Gasteiger partial charge in [0.2, 0.25) is 0 Å². The van der Waals surface area contributed by atoms with E-state index in [1.807, 2.05) is 6.07 Å². The van der Waals surface area contributed by atoms with Crippen molar-refractivity contribution in [1.29, 1.82) is 0 Å². The first-order valence-electron chi connectivity index (χ1n) is 5.60. The maximum Gasteiger partial charge on any atom is 0.317 e. The van der Waals surface area contributed by atoms with Crippen LogP contribution in [0.25, 0.3) is 0 Å². The summed E-state index contributed by atoms with van der Waals surface area (Å²) in [6.07, 6.45) is 0. The van der Waals surface area contributed by atoms with Crippen LogP contribution >= 0.6 is 0 Å². The van der Waals surface area contributed by atoms with Crippen molar-refractivity contribution in [2.24, 2.45) is 0 Å². The molecular weight excluding hydrogens is 264 g/mol. The molecule has 0 amide bonds. The van der Waals surface area contributed by atoms with Crippen molar-refractivity contribution in [1.82, 2.24) is 0 Å². The molecule has 3 N–H and O–H groups in total. The molecule has 5 nitrogen and oxygen atoms in total. The number of nitrogens with one attached hydrogen (secondary N) is 1. The maximum atomic E-state index is 11.9. The first kappa shape index (κ1) is 13.4. The molecule has 0 aliphatic heterocycles. The molecule has 0 aliphatic carbocycles. The number of aryl methyl sites for hydroxylation is 1. The maximum absolute atomic E-state index is 11.9. The van der Waals surface area contributed by atoms with Crippen molar-refractivity contribution in [3.63, 3.8) is 0 Å². The van der Waals surface area contributed by atoms with E-state index < -0.39 is 10.1 Å². The molecule has 0 bridgehead atoms. The second-order valence-corrected chi connectivity index (χ2v) is 5.57. The molecule has 0 fully saturated rings. The van der Waals surface area contributed by atoms with Crippen molar-refractivity contribution in [2.45, 2.75) is 11.8 Å². The predicted molar refractivity (Wildman–Crippen MR) is 73.9 cm³/mol. The smallest absolute Gasteiger partial charge is 0.317 e. The first-order chi connectivity index (χ1) is 8.99. The van der Waals surface area contributed by atoms with Gasteiger partial charge < -0.3 is 5.73 Å². The Kier molecular flexibility index (Phi) is 3.73. The molecule has 19 heavy (non-hydrogen) atoms. The van der Waals surface area contributed by atoms with E-state index in [0.29, 0.717) is 11.4 Å². The van der Waals surface area contributed by atoms with E-state index in [-0.39, 0.29) is 4.90 Å². The fraction of sp³-hybridized carbons (Fsp3) is 0.0769. The molecule has 0 aliphatic rings. The van der Waals surface area contributed by atoms with E-state index in [4.69, 9.17) is 10.0 Å². The van der Waals surface area contributed by atoms with Crippen LogP contribution in [0.1, 0.15) is 5.56 Å². The van der Waals surface area contributed by atoms with Crippen molar-refractivity contribution in [2.75, 3.05) is 11.2 Å². The van der Waals surface area contributed by atoms with Crippen LogP contribution in [0.4, 0.5) is 11.4 Å². The van der Waals surface area contributed by atoms with Gasteiger partial charge in [0.05, 0.1) is 10.6 Å². The Morgan fingerprint density at radius 1 is 1.11 bits per heavy atom. The normalized spacial score (nSPS) is 11.2. The Labute approximate surface area is 112 Å². The standard InChI is InChI=1S/C13H14N2O3S/c1-10-7-8-12(9-13(10)14)19(16,17)18-15-11-5-3-2-4-6-11/h2-9,15H,14H2,1H3. The summed E-state index contributed by atoms with van der Waals surface area (Å²) in [5, 5.41) is 0. The average Bonchev–Trinajstić information content (AvgIpc) is 2.41. The van der Waals surface area contributed by atoms with E-state index in [9.17, 15) is 8.42 Å². The highest BCUT2D eigenvalue weighted by Crippen LogP contribution is 2.19. The van der Waals surface area contributed by atoms with Crippen LogP contribution in [-0.4, -0.2) is 8.42 Å². The van der Waals surface area contributed by atoms with Crippen molar-refractivity contribution in [3.05, 3.63) is 54.1 Å². The van der Waals surface area contributed by atoms with Gasteiger partial charge in [-0.25, -0.2) is 5.48 Å². The summed E-state index contributed by atoms with van der Waals surface area (Å²) in [4.78, 5) is 0.0130. The quantitative estimate of drug-likeness (QED) is 0.662. The molecule has 0 saturated carbocycles. The number of nitrogens with two attached hydrogens (primary N) is 1. The van der Waals surface area contributed by atoms with Crippen LogP contribution in [0, 0.1) is 6.92 Å². The molecule has 2 aromatic rings. The molecule has 0 unspecified atom stereocenters. The molecule has 2 rings (SSSR count). The molecule has 0 aromatic heterocycles. The second kappa shape index (κ2) is 5.29. The number of benzene rings is 2. The molecule has 0 saturated heterocycles. The van der Waals surface area contributed by atoms with Gasteiger partial charge in [-0.2, -0.15) is 8.42 Å². The highest BCUT2D eigenvalue weighted by molar-refractivity contribution is 7.86. The molecule has 0 spiro atoms. The molecule has 0 heterocycles. The Morgan fingerprint density at radius 3 is 2.42 bits per heavy atom. The Morgan fingerprint density at radius 2 is 1.79 bits per heavy atom. The van der Waals surface area contributed by atoms with Gasteiger partial charge in [0.15, 0.2) is 0 Å². The van der Waals surface area contributed by atoms with Crippen LogP contribution in [0.2, 0.25) is 0 Å². The summed E-state index contributed by atoms with van der Waals surface area (Å²) < 4.78 is 28.6. The molecular formula is C13H14N2O3S. The summed E-state index contributed by atoms with van der Waals surface area (Å²) in [7, 11) is -3.89. The fourth-order valence-electron chi connectivity index (χ4n) is 1.43. The van der Waals surface area contributed by atoms with Gasteiger partial charge in [-0.1, -0.05) is 24.3 Å². The number of para-hydroxylation sites is 1. The summed E-state index contributed by atoms with van der Waals surface area (Å²) in [6.45, 7) is 1.80. The number of hydrogen-bond acceptors (Lipinski definition) is 5.